The Bertz CT molecular complexity index is 560. The number of carbonyl (C=O) groups is 2. The van der Waals surface area contributed by atoms with Crippen LogP contribution in [0.3, 0.4) is 0 Å². The van der Waals surface area contributed by atoms with E-state index >= 15 is 0 Å². The van der Waals surface area contributed by atoms with E-state index in [9.17, 15) is 19.7 Å². The van der Waals surface area contributed by atoms with Crippen LogP contribution in [-0.4, -0.2) is 41.4 Å². The fourth-order valence-electron chi connectivity index (χ4n) is 1.88. The molecular weight excluding hydrogens is 288 g/mol. The first-order chi connectivity index (χ1) is 10.3. The highest BCUT2D eigenvalue weighted by molar-refractivity contribution is 5.95. The molecule has 1 aromatic carbocycles. The number of nitro groups is 1. The fourth-order valence-corrected chi connectivity index (χ4v) is 1.88. The normalized spacial score (nSPS) is 10.6. The lowest BCUT2D eigenvalue weighted by Crippen LogP contribution is -2.45. The Labute approximate surface area is 128 Å². The van der Waals surface area contributed by atoms with Crippen LogP contribution in [0.1, 0.15) is 19.4 Å². The van der Waals surface area contributed by atoms with Crippen molar-refractivity contribution < 1.29 is 14.5 Å². The molecule has 0 fully saturated rings. The number of likely N-dealkylation sites (N-methyl/N-ethyl adjacent to an activating group) is 1. The zero-order valence-electron chi connectivity index (χ0n) is 12.8. The number of para-hydroxylation sites is 1. The van der Waals surface area contributed by atoms with Crippen LogP contribution in [-0.2, 0) is 11.3 Å². The zero-order valence-corrected chi connectivity index (χ0v) is 12.8. The summed E-state index contributed by atoms with van der Waals surface area (Å²) in [4.78, 5) is 35.2. The van der Waals surface area contributed by atoms with E-state index in [0.29, 0.717) is 5.56 Å². The van der Waals surface area contributed by atoms with Gasteiger partial charge < -0.3 is 5.32 Å². The largest absolute Gasteiger partial charge is 0.336 e. The summed E-state index contributed by atoms with van der Waals surface area (Å²) < 4.78 is 0. The number of nitrogens with one attached hydrogen (secondary N) is 2. The minimum absolute atomic E-state index is 0.00677. The van der Waals surface area contributed by atoms with Gasteiger partial charge in [0.15, 0.2) is 0 Å². The van der Waals surface area contributed by atoms with Crippen LogP contribution >= 0.6 is 0 Å². The predicted octanol–water partition coefficient (Wildman–Crippen LogP) is 1.26. The lowest BCUT2D eigenvalue weighted by molar-refractivity contribution is -0.385. The van der Waals surface area contributed by atoms with E-state index in [1.807, 2.05) is 0 Å². The second-order valence-electron chi connectivity index (χ2n) is 5.23. The van der Waals surface area contributed by atoms with Crippen molar-refractivity contribution in [3.05, 3.63) is 39.9 Å². The summed E-state index contributed by atoms with van der Waals surface area (Å²) in [5, 5.41) is 15.7. The molecule has 0 bridgehead atoms. The lowest BCUT2D eigenvalue weighted by atomic mass is 10.1. The summed E-state index contributed by atoms with van der Waals surface area (Å²) in [5.41, 5.74) is 0.516. The molecule has 0 unspecified atom stereocenters. The van der Waals surface area contributed by atoms with Gasteiger partial charge in [-0.25, -0.2) is 4.79 Å². The molecule has 0 heterocycles. The van der Waals surface area contributed by atoms with Crippen molar-refractivity contribution in [2.45, 2.75) is 26.4 Å². The number of amides is 3. The van der Waals surface area contributed by atoms with Crippen molar-refractivity contribution in [2.24, 2.45) is 0 Å². The van der Waals surface area contributed by atoms with Crippen molar-refractivity contribution in [1.29, 1.82) is 0 Å². The van der Waals surface area contributed by atoms with Crippen molar-refractivity contribution >= 4 is 17.6 Å². The Morgan fingerprint density at radius 3 is 2.55 bits per heavy atom. The second kappa shape index (κ2) is 8.08. The van der Waals surface area contributed by atoms with Gasteiger partial charge in [-0.1, -0.05) is 18.2 Å². The summed E-state index contributed by atoms with van der Waals surface area (Å²) in [6, 6.07) is 5.71. The first-order valence-corrected chi connectivity index (χ1v) is 6.80. The van der Waals surface area contributed by atoms with Crippen LogP contribution in [0, 0.1) is 10.1 Å². The highest BCUT2D eigenvalue weighted by Gasteiger charge is 2.16. The average molecular weight is 308 g/mol. The van der Waals surface area contributed by atoms with Gasteiger partial charge in [0.05, 0.1) is 11.5 Å². The van der Waals surface area contributed by atoms with Gasteiger partial charge in [0, 0.05) is 24.2 Å². The molecule has 0 spiro atoms. The second-order valence-corrected chi connectivity index (χ2v) is 5.23. The molecule has 0 atom stereocenters. The number of nitro benzene ring substituents is 1. The van der Waals surface area contributed by atoms with Gasteiger partial charge in [-0.15, -0.1) is 0 Å². The minimum Gasteiger partial charge on any atom is -0.336 e. The SMILES string of the molecule is CC(C)NC(=O)NC(=O)CN(C)Cc1ccccc1[N+](=O)[O-]. The number of hydrogen-bond donors (Lipinski definition) is 2. The molecule has 0 aromatic heterocycles. The first-order valence-electron chi connectivity index (χ1n) is 6.80. The van der Waals surface area contributed by atoms with Crippen molar-refractivity contribution in [1.82, 2.24) is 15.5 Å². The number of hydrogen-bond acceptors (Lipinski definition) is 5. The maximum Gasteiger partial charge on any atom is 0.321 e. The van der Waals surface area contributed by atoms with Gasteiger partial charge >= 0.3 is 6.03 Å². The summed E-state index contributed by atoms with van der Waals surface area (Å²) in [7, 11) is 1.65. The molecule has 0 radical (unpaired) electrons. The molecule has 0 aliphatic rings. The van der Waals surface area contributed by atoms with Crippen LogP contribution in [0.2, 0.25) is 0 Å². The van der Waals surface area contributed by atoms with Crippen LogP contribution < -0.4 is 10.6 Å². The Morgan fingerprint density at radius 1 is 1.32 bits per heavy atom. The van der Waals surface area contributed by atoms with Gasteiger partial charge in [0.2, 0.25) is 5.91 Å². The summed E-state index contributed by atoms with van der Waals surface area (Å²) in [6.07, 6.45) is 0. The van der Waals surface area contributed by atoms with Gasteiger partial charge in [-0.05, 0) is 20.9 Å². The molecule has 8 nitrogen and oxygen atoms in total. The van der Waals surface area contributed by atoms with Crippen LogP contribution in [0.25, 0.3) is 0 Å². The van der Waals surface area contributed by atoms with Gasteiger partial charge in [-0.3, -0.25) is 25.1 Å². The Balaban J connectivity index is 2.56. The Morgan fingerprint density at radius 2 is 1.95 bits per heavy atom. The molecule has 1 aromatic rings. The van der Waals surface area contributed by atoms with Crippen molar-refractivity contribution in [3.63, 3.8) is 0 Å². The number of rotatable bonds is 6. The van der Waals surface area contributed by atoms with Crippen LogP contribution in [0.15, 0.2) is 24.3 Å². The molecule has 0 saturated heterocycles. The third-order valence-corrected chi connectivity index (χ3v) is 2.71. The third-order valence-electron chi connectivity index (χ3n) is 2.71. The number of urea groups is 1. The van der Waals surface area contributed by atoms with E-state index in [0.717, 1.165) is 0 Å². The number of nitrogens with zero attached hydrogens (tertiary/aromatic N) is 2. The molecule has 0 aliphatic carbocycles. The van der Waals surface area contributed by atoms with Gasteiger partial charge in [-0.2, -0.15) is 0 Å². The molecule has 1 rings (SSSR count). The lowest BCUT2D eigenvalue weighted by Gasteiger charge is -2.16. The standard InChI is InChI=1S/C14H20N4O4/c1-10(2)15-14(20)16-13(19)9-17(3)8-11-6-4-5-7-12(11)18(21)22/h4-7,10H,8-9H2,1-3H3,(H2,15,16,19,20). The number of imide groups is 1. The third kappa shape index (κ3) is 5.88. The fraction of sp³-hybridized carbons (Fsp3) is 0.429. The maximum atomic E-state index is 11.7. The van der Waals surface area contributed by atoms with Gasteiger partial charge in [0.1, 0.15) is 0 Å². The molecule has 22 heavy (non-hydrogen) atoms. The number of benzene rings is 1. The summed E-state index contributed by atoms with van der Waals surface area (Å²) in [5.74, 6) is -0.473. The molecule has 3 amide bonds. The van der Waals surface area contributed by atoms with Crippen molar-refractivity contribution in [3.8, 4) is 0 Å². The summed E-state index contributed by atoms with van der Waals surface area (Å²) >= 11 is 0. The van der Waals surface area contributed by atoms with Crippen molar-refractivity contribution in [2.75, 3.05) is 13.6 Å². The Hall–Kier alpha value is -2.48. The smallest absolute Gasteiger partial charge is 0.321 e. The molecule has 0 saturated carbocycles. The zero-order chi connectivity index (χ0) is 16.7. The van der Waals surface area contributed by atoms with E-state index < -0.39 is 16.9 Å². The van der Waals surface area contributed by atoms with E-state index in [-0.39, 0.29) is 24.8 Å². The first kappa shape index (κ1) is 17.6. The molecule has 8 heteroatoms. The molecular formula is C14H20N4O4. The number of carbonyl (C=O) groups excluding carboxylic acids is 2. The molecule has 120 valence electrons. The van der Waals surface area contributed by atoms with Crippen LogP contribution in [0.5, 0.6) is 0 Å². The average Bonchev–Trinajstić information content (AvgIpc) is 2.37. The van der Waals surface area contributed by atoms with Gasteiger partial charge in [0.25, 0.3) is 5.69 Å². The minimum atomic E-state index is -0.556. The topological polar surface area (TPSA) is 105 Å². The maximum absolute atomic E-state index is 11.7. The van der Waals surface area contributed by atoms with E-state index in [1.54, 1.807) is 44.0 Å². The van der Waals surface area contributed by atoms with Crippen LogP contribution in [0.4, 0.5) is 10.5 Å². The van der Waals surface area contributed by atoms with E-state index in [2.05, 4.69) is 10.6 Å². The van der Waals surface area contributed by atoms with E-state index in [4.69, 9.17) is 0 Å². The Kier molecular flexibility index (Phi) is 6.46. The predicted molar refractivity (Wildman–Crippen MR) is 81.2 cm³/mol. The quantitative estimate of drug-likeness (QED) is 0.608. The molecule has 2 N–H and O–H groups in total. The highest BCUT2D eigenvalue weighted by Crippen LogP contribution is 2.18. The monoisotopic (exact) mass is 308 g/mol. The summed E-state index contributed by atoms with van der Waals surface area (Å²) in [6.45, 7) is 3.75. The van der Waals surface area contributed by atoms with E-state index in [1.165, 1.54) is 6.07 Å². The highest BCUT2D eigenvalue weighted by atomic mass is 16.6. The molecule has 0 aliphatic heterocycles.